The molecule has 3 heteroatoms. The molecule has 6 aliphatic rings. The molecule has 0 radical (unpaired) electrons. The van der Waals surface area contributed by atoms with E-state index in [-0.39, 0.29) is 4.93 Å². The predicted molar refractivity (Wildman–Crippen MR) is 79.9 cm³/mol. The fraction of sp³-hybridized carbons (Fsp3) is 1.00. The molecule has 0 aromatic carbocycles. The molecule has 5 aliphatic carbocycles. The fourth-order valence-corrected chi connectivity index (χ4v) is 7.85. The van der Waals surface area contributed by atoms with Crippen LogP contribution in [0.4, 0.5) is 0 Å². The molecular formula is C17H26O2S. The Hall–Kier alpha value is 0.270. The molecule has 1 spiro atoms. The fourth-order valence-electron chi connectivity index (χ4n) is 6.09. The van der Waals surface area contributed by atoms with Crippen LogP contribution in [0.2, 0.25) is 0 Å². The van der Waals surface area contributed by atoms with Crippen LogP contribution in [0.25, 0.3) is 0 Å². The molecule has 2 nitrogen and oxygen atoms in total. The minimum Gasteiger partial charge on any atom is -0.221 e. The van der Waals surface area contributed by atoms with Gasteiger partial charge in [0.15, 0.2) is 4.93 Å². The summed E-state index contributed by atoms with van der Waals surface area (Å²) in [5.41, 5.74) is 0.341. The van der Waals surface area contributed by atoms with Gasteiger partial charge < -0.3 is 0 Å². The second-order valence-corrected chi connectivity index (χ2v) is 9.43. The Balaban J connectivity index is 1.36. The van der Waals surface area contributed by atoms with E-state index >= 15 is 0 Å². The van der Waals surface area contributed by atoms with Crippen LogP contribution in [0.5, 0.6) is 0 Å². The van der Waals surface area contributed by atoms with Crippen molar-refractivity contribution in [1.82, 2.24) is 0 Å². The first-order chi connectivity index (χ1) is 9.83. The Morgan fingerprint density at radius 2 is 1.45 bits per heavy atom. The van der Waals surface area contributed by atoms with Crippen LogP contribution in [-0.4, -0.2) is 10.4 Å². The molecular weight excluding hydrogens is 268 g/mol. The zero-order valence-electron chi connectivity index (χ0n) is 12.3. The third-order valence-electron chi connectivity index (χ3n) is 6.88. The molecule has 112 valence electrons. The van der Waals surface area contributed by atoms with Gasteiger partial charge in [-0.1, -0.05) is 31.0 Å². The molecule has 1 unspecified atom stereocenters. The van der Waals surface area contributed by atoms with Gasteiger partial charge in [-0.15, -0.1) is 0 Å². The van der Waals surface area contributed by atoms with Crippen LogP contribution in [-0.2, 0) is 9.78 Å². The van der Waals surface area contributed by atoms with Crippen LogP contribution in [0.15, 0.2) is 0 Å². The zero-order valence-corrected chi connectivity index (χ0v) is 13.1. The first-order valence-corrected chi connectivity index (χ1v) is 9.74. The van der Waals surface area contributed by atoms with Crippen molar-refractivity contribution in [2.75, 3.05) is 0 Å². The van der Waals surface area contributed by atoms with Gasteiger partial charge in [0.1, 0.15) is 5.44 Å². The van der Waals surface area contributed by atoms with Crippen molar-refractivity contribution in [3.8, 4) is 0 Å². The first kappa shape index (κ1) is 12.8. The molecule has 5 saturated carbocycles. The van der Waals surface area contributed by atoms with Crippen molar-refractivity contribution in [3.05, 3.63) is 0 Å². The third kappa shape index (κ3) is 1.78. The molecule has 0 amide bonds. The van der Waals surface area contributed by atoms with Crippen molar-refractivity contribution in [2.24, 2.45) is 29.6 Å². The second-order valence-electron chi connectivity index (χ2n) is 8.09. The van der Waals surface area contributed by atoms with Gasteiger partial charge in [0.25, 0.3) is 0 Å². The van der Waals surface area contributed by atoms with E-state index in [1.54, 1.807) is 0 Å². The highest BCUT2D eigenvalue weighted by atomic mass is 32.2. The van der Waals surface area contributed by atoms with Crippen molar-refractivity contribution in [1.29, 1.82) is 0 Å². The Morgan fingerprint density at radius 1 is 0.800 bits per heavy atom. The van der Waals surface area contributed by atoms with Crippen LogP contribution in [0, 0.1) is 29.6 Å². The third-order valence-corrected chi connectivity index (χ3v) is 8.68. The standard InChI is InChI=1S/C17H26O2S/c1-2-4-13(5-3-1)16-18-19-17(20-16)14-7-11-6-12(9-14)10-15(17)8-11/h11-16H,1-10H2. The average Bonchev–Trinajstić information content (AvgIpc) is 2.91. The first-order valence-electron chi connectivity index (χ1n) is 8.86. The smallest absolute Gasteiger partial charge is 0.157 e. The summed E-state index contributed by atoms with van der Waals surface area (Å²) in [6.07, 6.45) is 14.1. The van der Waals surface area contributed by atoms with Gasteiger partial charge >= 0.3 is 0 Å². The van der Waals surface area contributed by atoms with Crippen molar-refractivity contribution < 1.29 is 9.78 Å². The number of hydrogen-bond acceptors (Lipinski definition) is 3. The lowest BCUT2D eigenvalue weighted by molar-refractivity contribution is -0.366. The monoisotopic (exact) mass is 294 g/mol. The highest BCUT2D eigenvalue weighted by molar-refractivity contribution is 8.01. The number of rotatable bonds is 1. The van der Waals surface area contributed by atoms with Crippen molar-refractivity contribution >= 4 is 11.8 Å². The van der Waals surface area contributed by atoms with Crippen LogP contribution >= 0.6 is 11.8 Å². The van der Waals surface area contributed by atoms with Gasteiger partial charge in [-0.25, -0.2) is 9.78 Å². The molecule has 0 aromatic rings. The molecule has 0 aromatic heterocycles. The van der Waals surface area contributed by atoms with E-state index in [1.165, 1.54) is 64.2 Å². The molecule has 6 rings (SSSR count). The summed E-state index contributed by atoms with van der Waals surface area (Å²) >= 11 is 2.11. The minimum atomic E-state index is 0.0650. The summed E-state index contributed by atoms with van der Waals surface area (Å²) in [4.78, 5) is 12.1. The SMILES string of the molecule is C1CCC(C2OOC3(S2)C2CC4CC(C2)CC3C4)CC1. The van der Waals surface area contributed by atoms with E-state index in [0.29, 0.717) is 5.44 Å². The van der Waals surface area contributed by atoms with E-state index in [1.807, 2.05) is 0 Å². The highest BCUT2D eigenvalue weighted by Gasteiger charge is 2.63. The largest absolute Gasteiger partial charge is 0.221 e. The average molecular weight is 294 g/mol. The molecule has 1 aliphatic heterocycles. The summed E-state index contributed by atoms with van der Waals surface area (Å²) < 4.78 is 0. The van der Waals surface area contributed by atoms with Gasteiger partial charge in [0.05, 0.1) is 0 Å². The molecule has 1 heterocycles. The molecule has 1 saturated heterocycles. The zero-order chi connectivity index (χ0) is 13.2. The lowest BCUT2D eigenvalue weighted by Gasteiger charge is -2.57. The minimum absolute atomic E-state index is 0.0650. The summed E-state index contributed by atoms with van der Waals surface area (Å²) in [6.45, 7) is 0. The van der Waals surface area contributed by atoms with Gasteiger partial charge in [-0.3, -0.25) is 0 Å². The molecule has 1 atom stereocenters. The lowest BCUT2D eigenvalue weighted by atomic mass is 9.54. The van der Waals surface area contributed by atoms with Crippen LogP contribution in [0.3, 0.4) is 0 Å². The second kappa shape index (κ2) is 4.63. The highest BCUT2D eigenvalue weighted by Crippen LogP contribution is 2.66. The maximum Gasteiger partial charge on any atom is 0.157 e. The summed E-state index contributed by atoms with van der Waals surface area (Å²) in [5.74, 6) is 4.36. The Morgan fingerprint density at radius 3 is 2.10 bits per heavy atom. The quantitative estimate of drug-likeness (QED) is 0.651. The predicted octanol–water partition coefficient (Wildman–Crippen LogP) is 4.74. The van der Waals surface area contributed by atoms with Gasteiger partial charge in [0.2, 0.25) is 0 Å². The van der Waals surface area contributed by atoms with E-state index in [9.17, 15) is 0 Å². The Kier molecular flexibility index (Phi) is 2.96. The van der Waals surface area contributed by atoms with E-state index in [0.717, 1.165) is 29.6 Å². The summed E-state index contributed by atoms with van der Waals surface area (Å²) in [7, 11) is 0. The van der Waals surface area contributed by atoms with E-state index < -0.39 is 0 Å². The molecule has 4 bridgehead atoms. The van der Waals surface area contributed by atoms with Gasteiger partial charge in [-0.2, -0.15) is 0 Å². The van der Waals surface area contributed by atoms with Gasteiger partial charge in [0, 0.05) is 11.8 Å². The molecule has 0 N–H and O–H groups in total. The Bertz CT molecular complexity index is 362. The summed E-state index contributed by atoms with van der Waals surface area (Å²) in [6, 6.07) is 0. The van der Waals surface area contributed by atoms with Crippen LogP contribution in [0.1, 0.15) is 64.2 Å². The van der Waals surface area contributed by atoms with E-state index in [4.69, 9.17) is 9.78 Å². The maximum absolute atomic E-state index is 6.15. The lowest BCUT2D eigenvalue weighted by Crippen LogP contribution is -2.55. The maximum atomic E-state index is 6.15. The molecule has 20 heavy (non-hydrogen) atoms. The van der Waals surface area contributed by atoms with Crippen molar-refractivity contribution in [3.63, 3.8) is 0 Å². The molecule has 6 fully saturated rings. The van der Waals surface area contributed by atoms with Crippen LogP contribution < -0.4 is 0 Å². The Labute approximate surface area is 126 Å². The number of thioether (sulfide) groups is 1. The van der Waals surface area contributed by atoms with Crippen molar-refractivity contribution in [2.45, 2.75) is 74.6 Å². The van der Waals surface area contributed by atoms with E-state index in [2.05, 4.69) is 11.8 Å². The topological polar surface area (TPSA) is 18.5 Å². The van der Waals surface area contributed by atoms with Gasteiger partial charge in [-0.05, 0) is 62.7 Å². The normalized spacial score (nSPS) is 54.9. The number of hydrogen-bond donors (Lipinski definition) is 0. The summed E-state index contributed by atoms with van der Waals surface area (Å²) in [5, 5.41) is 0.